The molecule has 0 unspecified atom stereocenters. The van der Waals surface area contributed by atoms with E-state index in [1.165, 1.54) is 0 Å². The predicted molar refractivity (Wildman–Crippen MR) is 92.4 cm³/mol. The molecule has 0 aliphatic carbocycles. The van der Waals surface area contributed by atoms with Gasteiger partial charge in [0.1, 0.15) is 5.82 Å². The zero-order valence-corrected chi connectivity index (χ0v) is 14.1. The SMILES string of the molecule is Cc1nc([C@@H]2COC[C@@H]2NC(=O)c2cc3ccccc3nc2C)n[nH]1. The van der Waals surface area contributed by atoms with Crippen LogP contribution in [0.4, 0.5) is 0 Å². The van der Waals surface area contributed by atoms with Gasteiger partial charge in [-0.25, -0.2) is 4.98 Å². The molecule has 7 heteroatoms. The molecule has 0 spiro atoms. The molecule has 2 N–H and O–H groups in total. The van der Waals surface area contributed by atoms with Crippen LogP contribution in [0.25, 0.3) is 10.9 Å². The third kappa shape index (κ3) is 2.98. The lowest BCUT2D eigenvalue weighted by molar-refractivity contribution is 0.0927. The summed E-state index contributed by atoms with van der Waals surface area (Å²) in [7, 11) is 0. The average molecular weight is 337 g/mol. The van der Waals surface area contributed by atoms with Crippen LogP contribution in [-0.4, -0.2) is 45.3 Å². The minimum absolute atomic E-state index is 0.0531. The first kappa shape index (κ1) is 15.7. The van der Waals surface area contributed by atoms with Crippen LogP contribution in [0.2, 0.25) is 0 Å². The normalized spacial score (nSPS) is 20.1. The zero-order valence-electron chi connectivity index (χ0n) is 14.1. The van der Waals surface area contributed by atoms with Crippen molar-refractivity contribution >= 4 is 16.8 Å². The highest BCUT2D eigenvalue weighted by atomic mass is 16.5. The maximum atomic E-state index is 12.8. The fourth-order valence-corrected chi connectivity index (χ4v) is 3.17. The molecule has 128 valence electrons. The maximum Gasteiger partial charge on any atom is 0.253 e. The number of benzene rings is 1. The number of aromatic amines is 1. The summed E-state index contributed by atoms with van der Waals surface area (Å²) in [5.74, 6) is 1.22. The molecule has 7 nitrogen and oxygen atoms in total. The van der Waals surface area contributed by atoms with Gasteiger partial charge in [0.25, 0.3) is 5.91 Å². The van der Waals surface area contributed by atoms with Crippen molar-refractivity contribution in [3.63, 3.8) is 0 Å². The summed E-state index contributed by atoms with van der Waals surface area (Å²) < 4.78 is 5.55. The molecule has 2 aromatic heterocycles. The molecule has 3 heterocycles. The summed E-state index contributed by atoms with van der Waals surface area (Å²) in [5.41, 5.74) is 2.17. The van der Waals surface area contributed by atoms with Gasteiger partial charge in [0.2, 0.25) is 0 Å². The first-order valence-corrected chi connectivity index (χ1v) is 8.25. The minimum Gasteiger partial charge on any atom is -0.378 e. The molecule has 1 aliphatic rings. The fourth-order valence-electron chi connectivity index (χ4n) is 3.17. The second-order valence-electron chi connectivity index (χ2n) is 6.32. The minimum atomic E-state index is -0.159. The van der Waals surface area contributed by atoms with Crippen molar-refractivity contribution in [3.8, 4) is 0 Å². The highest BCUT2D eigenvalue weighted by molar-refractivity contribution is 5.98. The molecule has 3 aromatic rings. The second-order valence-corrected chi connectivity index (χ2v) is 6.32. The van der Waals surface area contributed by atoms with E-state index >= 15 is 0 Å². The number of rotatable bonds is 3. The fraction of sp³-hybridized carbons (Fsp3) is 0.333. The van der Waals surface area contributed by atoms with Gasteiger partial charge < -0.3 is 10.1 Å². The van der Waals surface area contributed by atoms with E-state index in [2.05, 4.69) is 25.5 Å². The molecule has 0 saturated carbocycles. The molecule has 1 amide bonds. The number of H-pyrrole nitrogens is 1. The topological polar surface area (TPSA) is 92.8 Å². The van der Waals surface area contributed by atoms with Gasteiger partial charge in [0.05, 0.1) is 41.9 Å². The predicted octanol–water partition coefficient (Wildman–Crippen LogP) is 1.88. The Labute approximate surface area is 144 Å². The summed E-state index contributed by atoms with van der Waals surface area (Å²) in [5, 5.41) is 11.1. The van der Waals surface area contributed by atoms with Gasteiger partial charge in [0.15, 0.2) is 5.82 Å². The zero-order chi connectivity index (χ0) is 17.4. The number of para-hydroxylation sites is 1. The number of hydrogen-bond donors (Lipinski definition) is 2. The van der Waals surface area contributed by atoms with E-state index in [0.29, 0.717) is 30.3 Å². The number of amides is 1. The van der Waals surface area contributed by atoms with Gasteiger partial charge in [-0.05, 0) is 26.0 Å². The first-order valence-electron chi connectivity index (χ1n) is 8.25. The molecular weight excluding hydrogens is 318 g/mol. The van der Waals surface area contributed by atoms with Crippen LogP contribution in [-0.2, 0) is 4.74 Å². The third-order valence-corrected chi connectivity index (χ3v) is 4.50. The van der Waals surface area contributed by atoms with Gasteiger partial charge in [-0.2, -0.15) is 5.10 Å². The number of hydrogen-bond acceptors (Lipinski definition) is 5. The number of nitrogens with one attached hydrogen (secondary N) is 2. The molecule has 1 fully saturated rings. The number of aromatic nitrogens is 4. The highest BCUT2D eigenvalue weighted by Gasteiger charge is 2.34. The van der Waals surface area contributed by atoms with Crippen LogP contribution in [0.3, 0.4) is 0 Å². The van der Waals surface area contributed by atoms with Crippen molar-refractivity contribution in [2.45, 2.75) is 25.8 Å². The number of pyridine rings is 1. The van der Waals surface area contributed by atoms with Crippen LogP contribution >= 0.6 is 0 Å². The molecule has 1 aliphatic heterocycles. The molecule has 4 rings (SSSR count). The van der Waals surface area contributed by atoms with E-state index in [4.69, 9.17) is 4.74 Å². The Morgan fingerprint density at radius 1 is 1.24 bits per heavy atom. The Morgan fingerprint density at radius 2 is 2.08 bits per heavy atom. The van der Waals surface area contributed by atoms with Crippen molar-refractivity contribution < 1.29 is 9.53 Å². The molecule has 25 heavy (non-hydrogen) atoms. The van der Waals surface area contributed by atoms with Gasteiger partial charge in [-0.15, -0.1) is 0 Å². The quantitative estimate of drug-likeness (QED) is 0.761. The molecule has 0 radical (unpaired) electrons. The Morgan fingerprint density at radius 3 is 2.88 bits per heavy atom. The van der Waals surface area contributed by atoms with Crippen molar-refractivity contribution in [3.05, 3.63) is 53.2 Å². The lowest BCUT2D eigenvalue weighted by Gasteiger charge is -2.17. The highest BCUT2D eigenvalue weighted by Crippen LogP contribution is 2.24. The second kappa shape index (κ2) is 6.25. The van der Waals surface area contributed by atoms with E-state index in [-0.39, 0.29) is 17.9 Å². The maximum absolute atomic E-state index is 12.8. The Kier molecular flexibility index (Phi) is 3.93. The van der Waals surface area contributed by atoms with Crippen molar-refractivity contribution in [2.75, 3.05) is 13.2 Å². The first-order chi connectivity index (χ1) is 12.1. The lowest BCUT2D eigenvalue weighted by atomic mass is 10.0. The molecule has 1 saturated heterocycles. The van der Waals surface area contributed by atoms with E-state index in [9.17, 15) is 4.79 Å². The number of fused-ring (bicyclic) bond motifs is 1. The van der Waals surface area contributed by atoms with E-state index in [1.807, 2.05) is 44.2 Å². The van der Waals surface area contributed by atoms with Gasteiger partial charge in [-0.3, -0.25) is 14.9 Å². The molecular formula is C18H19N5O2. The third-order valence-electron chi connectivity index (χ3n) is 4.50. The Bertz CT molecular complexity index is 936. The summed E-state index contributed by atoms with van der Waals surface area (Å²) in [4.78, 5) is 21.7. The number of carbonyl (C=O) groups excluding carboxylic acids is 1. The largest absolute Gasteiger partial charge is 0.378 e. The number of aryl methyl sites for hydroxylation is 2. The van der Waals surface area contributed by atoms with Crippen molar-refractivity contribution in [2.24, 2.45) is 0 Å². The molecule has 0 bridgehead atoms. The Hall–Kier alpha value is -2.80. The van der Waals surface area contributed by atoms with Crippen LogP contribution < -0.4 is 5.32 Å². The number of carbonyl (C=O) groups is 1. The lowest BCUT2D eigenvalue weighted by Crippen LogP contribution is -2.39. The smallest absolute Gasteiger partial charge is 0.253 e. The summed E-state index contributed by atoms with van der Waals surface area (Å²) in [6.07, 6.45) is 0. The van der Waals surface area contributed by atoms with E-state index < -0.39 is 0 Å². The number of ether oxygens (including phenoxy) is 1. The molecule has 2 atom stereocenters. The van der Waals surface area contributed by atoms with Crippen molar-refractivity contribution in [1.29, 1.82) is 0 Å². The van der Waals surface area contributed by atoms with E-state index in [1.54, 1.807) is 0 Å². The van der Waals surface area contributed by atoms with Crippen LogP contribution in [0.15, 0.2) is 30.3 Å². The van der Waals surface area contributed by atoms with Gasteiger partial charge in [0, 0.05) is 5.39 Å². The standard InChI is InChI=1S/C18H19N5O2/c1-10-13(7-12-5-3-4-6-15(12)19-10)18(24)21-16-9-25-8-14(16)17-20-11(2)22-23-17/h3-7,14,16H,8-9H2,1-2H3,(H,21,24)(H,20,22,23)/t14-,16+/m1/s1. The van der Waals surface area contributed by atoms with Crippen LogP contribution in [0.1, 0.15) is 33.6 Å². The van der Waals surface area contributed by atoms with Gasteiger partial charge in [-0.1, -0.05) is 18.2 Å². The number of nitrogens with zero attached hydrogens (tertiary/aromatic N) is 3. The van der Waals surface area contributed by atoms with Crippen molar-refractivity contribution in [1.82, 2.24) is 25.5 Å². The Balaban J connectivity index is 1.58. The average Bonchev–Trinajstić information content (AvgIpc) is 3.22. The van der Waals surface area contributed by atoms with Crippen LogP contribution in [0, 0.1) is 13.8 Å². The monoisotopic (exact) mass is 337 g/mol. The molecule has 1 aromatic carbocycles. The summed E-state index contributed by atoms with van der Waals surface area (Å²) in [6.45, 7) is 4.65. The summed E-state index contributed by atoms with van der Waals surface area (Å²) in [6, 6.07) is 9.50. The van der Waals surface area contributed by atoms with Crippen LogP contribution in [0.5, 0.6) is 0 Å². The summed E-state index contributed by atoms with van der Waals surface area (Å²) >= 11 is 0. The van der Waals surface area contributed by atoms with E-state index in [0.717, 1.165) is 16.7 Å². The van der Waals surface area contributed by atoms with Gasteiger partial charge >= 0.3 is 0 Å².